The maximum Gasteiger partial charge on any atom is 2.00 e. The molecular formula is C6H11O9PZn. The summed E-state index contributed by atoms with van der Waals surface area (Å²) in [7, 11) is -5.51. The van der Waals surface area contributed by atoms with Crippen LogP contribution in [0.4, 0.5) is 0 Å². The smallest absolute Gasteiger partial charge is 0.790 e. The van der Waals surface area contributed by atoms with Gasteiger partial charge in [-0.2, -0.15) is 0 Å². The molecule has 6 atom stereocenters. The number of hydrogen-bond acceptors (Lipinski definition) is 9. The molecule has 0 radical (unpaired) electrons. The molecule has 11 heteroatoms. The van der Waals surface area contributed by atoms with Crippen LogP contribution < -0.4 is 9.79 Å². The summed E-state index contributed by atoms with van der Waals surface area (Å²) in [6.45, 7) is 0. The zero-order valence-electron chi connectivity index (χ0n) is 8.49. The minimum absolute atomic E-state index is 0. The first kappa shape index (κ1) is 17.5. The molecule has 17 heavy (non-hydrogen) atoms. The molecule has 0 bridgehead atoms. The molecule has 0 heterocycles. The summed E-state index contributed by atoms with van der Waals surface area (Å²) in [6, 6.07) is 0. The molecule has 0 aromatic heterocycles. The van der Waals surface area contributed by atoms with Crippen LogP contribution in [0.2, 0.25) is 0 Å². The Morgan fingerprint density at radius 3 is 1.41 bits per heavy atom. The standard InChI is InChI=1S/C6H13O9P.Zn/c7-1-2(8)4(10)6(5(11)3(1)9)15-16(12,13)14;/h1-11H,(H2,12,13,14);/q;+2/p-2/t1-,2-,3+,4-,5-,6-;/m0./s1. The van der Waals surface area contributed by atoms with E-state index in [-0.39, 0.29) is 19.5 Å². The van der Waals surface area contributed by atoms with Gasteiger partial charge in [-0.15, -0.1) is 0 Å². The quantitative estimate of drug-likeness (QED) is 0.246. The molecule has 0 saturated heterocycles. The summed E-state index contributed by atoms with van der Waals surface area (Å²) >= 11 is 0. The van der Waals surface area contributed by atoms with Gasteiger partial charge in [0.1, 0.15) is 36.6 Å². The summed E-state index contributed by atoms with van der Waals surface area (Å²) in [5, 5.41) is 45.9. The molecule has 0 spiro atoms. The zero-order valence-corrected chi connectivity index (χ0v) is 12.3. The maximum atomic E-state index is 10.3. The van der Waals surface area contributed by atoms with Crippen molar-refractivity contribution < 1.29 is 63.9 Å². The molecule has 1 aliphatic carbocycles. The van der Waals surface area contributed by atoms with Crippen molar-refractivity contribution in [2.75, 3.05) is 0 Å². The van der Waals surface area contributed by atoms with Gasteiger partial charge in [0.2, 0.25) is 0 Å². The minimum atomic E-state index is -5.51. The number of hydrogen-bond donors (Lipinski definition) is 5. The second kappa shape index (κ2) is 6.12. The predicted molar refractivity (Wildman–Crippen MR) is 42.5 cm³/mol. The van der Waals surface area contributed by atoms with Gasteiger partial charge in [0.05, 0.1) is 7.82 Å². The van der Waals surface area contributed by atoms with Crippen molar-refractivity contribution in [1.82, 2.24) is 0 Å². The molecule has 1 aliphatic rings. The fourth-order valence-corrected chi connectivity index (χ4v) is 2.02. The fraction of sp³-hybridized carbons (Fsp3) is 1.00. The molecule has 0 aliphatic heterocycles. The molecule has 96 valence electrons. The monoisotopic (exact) mass is 322 g/mol. The van der Waals surface area contributed by atoms with Gasteiger partial charge in [0, 0.05) is 0 Å². The van der Waals surface area contributed by atoms with Gasteiger partial charge in [-0.3, -0.25) is 0 Å². The van der Waals surface area contributed by atoms with Crippen molar-refractivity contribution >= 4 is 7.82 Å². The fourth-order valence-electron chi connectivity index (χ4n) is 1.47. The SMILES string of the molecule is O=P([O-])([O-])O[C@@H]1[C@@H](O)[C@H](O)[C@@H](O)[C@H](O)[C@@H]1O.[Zn+2]. The van der Waals surface area contributed by atoms with Crippen molar-refractivity contribution in [3.8, 4) is 0 Å². The third-order valence-electron chi connectivity index (χ3n) is 2.32. The number of rotatable bonds is 2. The van der Waals surface area contributed by atoms with Gasteiger partial charge in [-0.05, 0) is 0 Å². The molecule has 1 rings (SSSR count). The van der Waals surface area contributed by atoms with E-state index in [0.29, 0.717) is 0 Å². The molecule has 0 aromatic carbocycles. The number of aliphatic hydroxyl groups is 5. The van der Waals surface area contributed by atoms with Crippen molar-refractivity contribution in [2.45, 2.75) is 36.6 Å². The number of phosphoric ester groups is 1. The van der Waals surface area contributed by atoms with Gasteiger partial charge < -0.3 is 44.4 Å². The van der Waals surface area contributed by atoms with Gasteiger partial charge in [0.25, 0.3) is 0 Å². The van der Waals surface area contributed by atoms with Crippen molar-refractivity contribution in [3.63, 3.8) is 0 Å². The molecule has 0 amide bonds. The summed E-state index contributed by atoms with van der Waals surface area (Å²) in [5.74, 6) is 0. The van der Waals surface area contributed by atoms with Gasteiger partial charge in [0.15, 0.2) is 0 Å². The Labute approximate surface area is 109 Å². The third-order valence-corrected chi connectivity index (χ3v) is 2.83. The molecule has 1 fully saturated rings. The molecular weight excluding hydrogens is 312 g/mol. The first-order valence-electron chi connectivity index (χ1n) is 4.26. The van der Waals surface area contributed by atoms with Gasteiger partial charge in [-0.1, -0.05) is 0 Å². The largest absolute Gasteiger partial charge is 2.00 e. The van der Waals surface area contributed by atoms with E-state index in [4.69, 9.17) is 15.3 Å². The Bertz CT molecular complexity index is 279. The summed E-state index contributed by atoms with van der Waals surface area (Å²) in [5.41, 5.74) is 0. The Balaban J connectivity index is 0.00000256. The van der Waals surface area contributed by atoms with Gasteiger partial charge in [-0.25, -0.2) is 0 Å². The van der Waals surface area contributed by atoms with E-state index in [9.17, 15) is 24.6 Å². The first-order valence-corrected chi connectivity index (χ1v) is 5.72. The number of phosphoric acid groups is 1. The van der Waals surface area contributed by atoms with E-state index in [1.54, 1.807) is 0 Å². The molecule has 1 saturated carbocycles. The summed E-state index contributed by atoms with van der Waals surface area (Å²) in [4.78, 5) is 20.6. The predicted octanol–water partition coefficient (Wildman–Crippen LogP) is -4.98. The topological polar surface area (TPSA) is 174 Å². The normalized spacial score (nSPS) is 43.0. The average molecular weight is 324 g/mol. The maximum absolute atomic E-state index is 10.3. The Hall–Kier alpha value is 0.533. The Morgan fingerprint density at radius 1 is 0.824 bits per heavy atom. The van der Waals surface area contributed by atoms with E-state index >= 15 is 0 Å². The van der Waals surface area contributed by atoms with Crippen LogP contribution >= 0.6 is 7.82 Å². The van der Waals surface area contributed by atoms with Crippen LogP contribution in [0, 0.1) is 0 Å². The molecule has 9 nitrogen and oxygen atoms in total. The van der Waals surface area contributed by atoms with Crippen LogP contribution in [0.5, 0.6) is 0 Å². The summed E-state index contributed by atoms with van der Waals surface area (Å²) in [6.07, 6.45) is -11.8. The van der Waals surface area contributed by atoms with Crippen molar-refractivity contribution in [3.05, 3.63) is 0 Å². The van der Waals surface area contributed by atoms with Crippen molar-refractivity contribution in [2.24, 2.45) is 0 Å². The second-order valence-corrected chi connectivity index (χ2v) is 4.58. The minimum Gasteiger partial charge on any atom is -0.790 e. The molecule has 5 N–H and O–H groups in total. The second-order valence-electron chi connectivity index (χ2n) is 3.47. The van der Waals surface area contributed by atoms with E-state index in [0.717, 1.165) is 0 Å². The van der Waals surface area contributed by atoms with Crippen LogP contribution in [-0.2, 0) is 28.6 Å². The van der Waals surface area contributed by atoms with Crippen LogP contribution in [0.15, 0.2) is 0 Å². The van der Waals surface area contributed by atoms with E-state index in [1.165, 1.54) is 0 Å². The van der Waals surface area contributed by atoms with Gasteiger partial charge >= 0.3 is 19.5 Å². The Kier molecular flexibility index (Phi) is 6.31. The van der Waals surface area contributed by atoms with Crippen molar-refractivity contribution in [1.29, 1.82) is 0 Å². The van der Waals surface area contributed by atoms with Crippen LogP contribution in [0.1, 0.15) is 0 Å². The number of aliphatic hydroxyl groups excluding tert-OH is 5. The zero-order chi connectivity index (χ0) is 12.7. The van der Waals surface area contributed by atoms with E-state index < -0.39 is 44.4 Å². The van der Waals surface area contributed by atoms with Crippen LogP contribution in [-0.4, -0.2) is 62.2 Å². The van der Waals surface area contributed by atoms with E-state index in [1.807, 2.05) is 0 Å². The molecule has 0 unspecified atom stereocenters. The first-order chi connectivity index (χ1) is 7.15. The van der Waals surface area contributed by atoms with Crippen LogP contribution in [0.25, 0.3) is 0 Å². The third kappa shape index (κ3) is 4.00. The van der Waals surface area contributed by atoms with Crippen LogP contribution in [0.3, 0.4) is 0 Å². The summed E-state index contributed by atoms with van der Waals surface area (Å²) < 4.78 is 14.1. The average Bonchev–Trinajstić information content (AvgIpc) is 2.17. The molecule has 0 aromatic rings. The van der Waals surface area contributed by atoms with E-state index in [2.05, 4.69) is 4.52 Å². The Morgan fingerprint density at radius 2 is 1.12 bits per heavy atom.